The van der Waals surface area contributed by atoms with E-state index >= 15 is 0 Å². The molecular formula is C19H21N7O3S2. The van der Waals surface area contributed by atoms with Gasteiger partial charge in [0.1, 0.15) is 12.1 Å². The lowest BCUT2D eigenvalue weighted by Gasteiger charge is -2.37. The number of carbonyl (C=O) groups is 1. The van der Waals surface area contributed by atoms with Crippen LogP contribution in [0.15, 0.2) is 22.8 Å². The van der Waals surface area contributed by atoms with Crippen LogP contribution in [0.25, 0.3) is 21.6 Å². The third-order valence-electron chi connectivity index (χ3n) is 5.13. The summed E-state index contributed by atoms with van der Waals surface area (Å²) in [5.74, 6) is 0.0868. The highest BCUT2D eigenvalue weighted by atomic mass is 32.2. The van der Waals surface area contributed by atoms with Crippen molar-refractivity contribution in [1.82, 2.24) is 25.1 Å². The second kappa shape index (κ2) is 8.24. The minimum atomic E-state index is -3.46. The van der Waals surface area contributed by atoms with Gasteiger partial charge in [-0.25, -0.2) is 13.4 Å². The fourth-order valence-corrected chi connectivity index (χ4v) is 5.46. The van der Waals surface area contributed by atoms with Gasteiger partial charge in [-0.2, -0.15) is 5.26 Å². The van der Waals surface area contributed by atoms with E-state index in [0.717, 1.165) is 35.1 Å². The number of amides is 1. The van der Waals surface area contributed by atoms with Crippen molar-refractivity contribution in [3.05, 3.63) is 18.5 Å². The first-order valence-corrected chi connectivity index (χ1v) is 12.4. The molecule has 0 bridgehead atoms. The van der Waals surface area contributed by atoms with Crippen LogP contribution < -0.4 is 5.32 Å². The van der Waals surface area contributed by atoms with Gasteiger partial charge in [-0.1, -0.05) is 18.3 Å². The van der Waals surface area contributed by atoms with Crippen LogP contribution in [0.2, 0.25) is 0 Å². The van der Waals surface area contributed by atoms with E-state index in [1.807, 2.05) is 12.1 Å². The Bertz CT molecular complexity index is 1280. The first kappa shape index (κ1) is 21.2. The van der Waals surface area contributed by atoms with Gasteiger partial charge >= 0.3 is 0 Å². The third-order valence-corrected chi connectivity index (χ3v) is 7.76. The van der Waals surface area contributed by atoms with Crippen LogP contribution >= 0.6 is 11.3 Å². The Morgan fingerprint density at radius 3 is 2.94 bits per heavy atom. The lowest BCUT2D eigenvalue weighted by molar-refractivity contribution is -0.132. The highest BCUT2D eigenvalue weighted by molar-refractivity contribution is 7.92. The van der Waals surface area contributed by atoms with Crippen molar-refractivity contribution < 1.29 is 13.2 Å². The zero-order valence-corrected chi connectivity index (χ0v) is 18.6. The van der Waals surface area contributed by atoms with Gasteiger partial charge < -0.3 is 15.2 Å². The number of aromatic amines is 1. The predicted molar refractivity (Wildman–Crippen MR) is 116 cm³/mol. The number of anilines is 1. The van der Waals surface area contributed by atoms with Crippen LogP contribution in [0.4, 0.5) is 5.69 Å². The molecule has 1 amide bonds. The fraction of sp³-hybridized carbons (Fsp3) is 0.421. The largest absolute Gasteiger partial charge is 0.379 e. The first-order chi connectivity index (χ1) is 14.8. The number of hydrogen-bond acceptors (Lipinski definition) is 9. The molecule has 3 aromatic heterocycles. The summed E-state index contributed by atoms with van der Waals surface area (Å²) in [6, 6.07) is 3.76. The summed E-state index contributed by atoms with van der Waals surface area (Å²) in [4.78, 5) is 21.5. The van der Waals surface area contributed by atoms with Crippen molar-refractivity contribution in [2.45, 2.75) is 30.1 Å². The number of piperidine rings is 1. The van der Waals surface area contributed by atoms with Gasteiger partial charge in [0.25, 0.3) is 0 Å². The van der Waals surface area contributed by atoms with Crippen molar-refractivity contribution in [3.8, 4) is 16.6 Å². The lowest BCUT2D eigenvalue weighted by Crippen LogP contribution is -2.48. The summed E-state index contributed by atoms with van der Waals surface area (Å²) >= 11 is 0.992. The Hall–Kier alpha value is -3.04. The Morgan fingerprint density at radius 2 is 2.23 bits per heavy atom. The summed E-state index contributed by atoms with van der Waals surface area (Å²) in [7, 11) is -3.46. The van der Waals surface area contributed by atoms with Gasteiger partial charge in [0.05, 0.1) is 17.3 Å². The number of sulfone groups is 1. The monoisotopic (exact) mass is 459 g/mol. The van der Waals surface area contributed by atoms with Crippen molar-refractivity contribution in [1.29, 1.82) is 5.26 Å². The van der Waals surface area contributed by atoms with E-state index in [1.54, 1.807) is 17.3 Å². The summed E-state index contributed by atoms with van der Waals surface area (Å²) in [5.41, 5.74) is 2.09. The normalized spacial score (nSPS) is 19.3. The molecule has 12 heteroatoms. The zero-order valence-electron chi connectivity index (χ0n) is 17.0. The molecule has 1 fully saturated rings. The van der Waals surface area contributed by atoms with Gasteiger partial charge in [-0.05, 0) is 18.4 Å². The summed E-state index contributed by atoms with van der Waals surface area (Å²) in [6.07, 6.45) is 5.22. The Kier molecular flexibility index (Phi) is 5.63. The molecule has 0 radical (unpaired) electrons. The maximum atomic E-state index is 12.3. The Labute approximate surface area is 183 Å². The summed E-state index contributed by atoms with van der Waals surface area (Å²) in [5, 5.41) is 21.6. The second-order valence-corrected chi connectivity index (χ2v) is 10.9. The Morgan fingerprint density at radius 1 is 1.42 bits per heavy atom. The van der Waals surface area contributed by atoms with E-state index < -0.39 is 9.84 Å². The fourth-order valence-electron chi connectivity index (χ4n) is 3.84. The summed E-state index contributed by atoms with van der Waals surface area (Å²) in [6.45, 7) is 3.17. The highest BCUT2D eigenvalue weighted by Crippen LogP contribution is 2.37. The smallest absolute Gasteiger partial charge is 0.236 e. The molecule has 1 aliphatic heterocycles. The molecule has 4 rings (SSSR count). The molecule has 0 unspecified atom stereocenters. The van der Waals surface area contributed by atoms with Crippen LogP contribution in [-0.4, -0.2) is 64.8 Å². The molecule has 31 heavy (non-hydrogen) atoms. The van der Waals surface area contributed by atoms with Gasteiger partial charge in [-0.15, -0.1) is 10.2 Å². The molecule has 0 spiro atoms. The van der Waals surface area contributed by atoms with E-state index in [-0.39, 0.29) is 28.6 Å². The first-order valence-electron chi connectivity index (χ1n) is 9.67. The molecular weight excluding hydrogens is 438 g/mol. The number of pyridine rings is 1. The topological polar surface area (TPSA) is 145 Å². The number of aromatic nitrogens is 4. The molecule has 0 aliphatic carbocycles. The van der Waals surface area contributed by atoms with Crippen molar-refractivity contribution in [2.75, 3.05) is 24.7 Å². The molecule has 3 aromatic rings. The predicted octanol–water partition coefficient (Wildman–Crippen LogP) is 2.05. The van der Waals surface area contributed by atoms with E-state index in [0.29, 0.717) is 29.3 Å². The number of fused-ring (bicyclic) bond motifs is 1. The number of nitrogens with zero attached hydrogens (tertiary/aromatic N) is 5. The van der Waals surface area contributed by atoms with Crippen LogP contribution in [0, 0.1) is 17.2 Å². The van der Waals surface area contributed by atoms with Gasteiger partial charge in [-0.3, -0.25) is 4.79 Å². The molecule has 2 N–H and O–H groups in total. The summed E-state index contributed by atoms with van der Waals surface area (Å²) < 4.78 is 23.6. The molecule has 1 aliphatic rings. The molecule has 0 saturated carbocycles. The highest BCUT2D eigenvalue weighted by Gasteiger charge is 2.29. The van der Waals surface area contributed by atoms with Crippen LogP contribution in [0.1, 0.15) is 19.8 Å². The maximum Gasteiger partial charge on any atom is 0.236 e. The SMILES string of the molecule is C[C@H]1C[C@@H](Nc2c(-c3nnc(S(C)(=O)=O)s3)cnc3[nH]ccc23)CN(C(=O)CC#N)C1. The van der Waals surface area contributed by atoms with E-state index in [4.69, 9.17) is 5.26 Å². The number of hydrogen-bond donors (Lipinski definition) is 2. The van der Waals surface area contributed by atoms with E-state index in [1.165, 1.54) is 0 Å². The van der Waals surface area contributed by atoms with E-state index in [9.17, 15) is 13.2 Å². The van der Waals surface area contributed by atoms with Crippen LogP contribution in [0.5, 0.6) is 0 Å². The second-order valence-electron chi connectivity index (χ2n) is 7.75. The molecule has 0 aromatic carbocycles. The maximum absolute atomic E-state index is 12.3. The quantitative estimate of drug-likeness (QED) is 0.590. The van der Waals surface area contributed by atoms with E-state index in [2.05, 4.69) is 32.4 Å². The zero-order chi connectivity index (χ0) is 22.2. The number of carbonyl (C=O) groups excluding carboxylic acids is 1. The number of nitrogens with one attached hydrogen (secondary N) is 2. The van der Waals surface area contributed by atoms with Gasteiger partial charge in [0.15, 0.2) is 5.01 Å². The molecule has 10 nitrogen and oxygen atoms in total. The van der Waals surface area contributed by atoms with Gasteiger partial charge in [0, 0.05) is 43.2 Å². The standard InChI is InChI=1S/C19H21N7O3S2/c1-11-7-12(10-26(9-11)15(27)3-5-20)23-16-13-4-6-21-17(13)22-8-14(16)18-24-25-19(30-18)31(2,28)29/h4,6,8,11-12H,3,7,9-10H2,1-2H3,(H2,21,22,23)/t11-,12+/m0/s1. The van der Waals surface area contributed by atoms with Crippen molar-refractivity contribution in [2.24, 2.45) is 5.92 Å². The molecule has 4 heterocycles. The molecule has 1 saturated heterocycles. The van der Waals surface area contributed by atoms with Crippen molar-refractivity contribution >= 4 is 43.8 Å². The molecule has 2 atom stereocenters. The minimum Gasteiger partial charge on any atom is -0.379 e. The molecule has 162 valence electrons. The third kappa shape index (κ3) is 4.38. The average molecular weight is 460 g/mol. The lowest BCUT2D eigenvalue weighted by atomic mass is 9.95. The number of rotatable bonds is 5. The average Bonchev–Trinajstić information content (AvgIpc) is 3.37. The number of likely N-dealkylation sites (tertiary alicyclic amines) is 1. The van der Waals surface area contributed by atoms with Gasteiger partial charge in [0.2, 0.25) is 20.1 Å². The number of H-pyrrole nitrogens is 1. The minimum absolute atomic E-state index is 0.0482. The number of nitriles is 1. The van der Waals surface area contributed by atoms with Crippen LogP contribution in [0.3, 0.4) is 0 Å². The Balaban J connectivity index is 1.70. The van der Waals surface area contributed by atoms with Crippen molar-refractivity contribution in [3.63, 3.8) is 0 Å². The van der Waals surface area contributed by atoms with Crippen LogP contribution in [-0.2, 0) is 14.6 Å².